The third kappa shape index (κ3) is 7.00. The van der Waals surface area contributed by atoms with Gasteiger partial charge in [0.2, 0.25) is 0 Å². The summed E-state index contributed by atoms with van der Waals surface area (Å²) in [4.78, 5) is 29.5. The van der Waals surface area contributed by atoms with Crippen LogP contribution in [0.4, 0.5) is 4.79 Å². The fraction of sp³-hybridized carbons (Fsp3) is 0.590. The molecule has 6 rings (SSSR count). The van der Waals surface area contributed by atoms with E-state index in [1.807, 2.05) is 36.4 Å². The Labute approximate surface area is 274 Å². The minimum absolute atomic E-state index is 0.0804. The van der Waals surface area contributed by atoms with Gasteiger partial charge < -0.3 is 23.8 Å². The van der Waals surface area contributed by atoms with Gasteiger partial charge in [-0.3, -0.25) is 4.79 Å². The van der Waals surface area contributed by atoms with Crippen molar-refractivity contribution in [3.05, 3.63) is 70.8 Å². The molecule has 3 aliphatic heterocycles. The van der Waals surface area contributed by atoms with Crippen LogP contribution in [-0.4, -0.2) is 54.5 Å². The molecule has 1 aliphatic carbocycles. The van der Waals surface area contributed by atoms with Crippen LogP contribution >= 0.6 is 0 Å². The zero-order valence-corrected chi connectivity index (χ0v) is 28.3. The first kappa shape index (κ1) is 32.6. The summed E-state index contributed by atoms with van der Waals surface area (Å²) in [7, 11) is 2.17. The smallest absolute Gasteiger partial charge is 0.487 e. The summed E-state index contributed by atoms with van der Waals surface area (Å²) >= 11 is 0. The summed E-state index contributed by atoms with van der Waals surface area (Å²) in [6.45, 7) is 8.54. The van der Waals surface area contributed by atoms with Crippen LogP contribution in [0.15, 0.2) is 54.1 Å². The second-order valence-electron chi connectivity index (χ2n) is 14.6. The number of ether oxygens (including phenoxy) is 4. The highest BCUT2D eigenvalue weighted by atomic mass is 16.7. The molecule has 4 aliphatic rings. The highest BCUT2D eigenvalue weighted by Gasteiger charge is 2.46. The fourth-order valence-electron chi connectivity index (χ4n) is 8.33. The van der Waals surface area contributed by atoms with Gasteiger partial charge in [0.05, 0.1) is 0 Å². The zero-order chi connectivity index (χ0) is 32.4. The Kier molecular flexibility index (Phi) is 9.79. The minimum atomic E-state index is -0.822. The number of benzene rings is 2. The van der Waals surface area contributed by atoms with E-state index in [0.29, 0.717) is 17.8 Å². The lowest BCUT2D eigenvalue weighted by Gasteiger charge is -2.46. The largest absolute Gasteiger partial charge is 0.513 e. The first-order chi connectivity index (χ1) is 22.1. The Morgan fingerprint density at radius 3 is 2.50 bits per heavy atom. The maximum Gasteiger partial charge on any atom is 0.513 e. The van der Waals surface area contributed by atoms with E-state index in [4.69, 9.17) is 18.9 Å². The molecule has 2 aromatic carbocycles. The van der Waals surface area contributed by atoms with E-state index in [1.165, 1.54) is 5.57 Å². The van der Waals surface area contributed by atoms with Crippen molar-refractivity contribution in [2.45, 2.75) is 128 Å². The van der Waals surface area contributed by atoms with Crippen LogP contribution in [0.3, 0.4) is 0 Å². The number of nitrogens with zero attached hydrogens (tertiary/aromatic N) is 1. The second-order valence-corrected chi connectivity index (χ2v) is 14.6. The molecule has 7 nitrogen and oxygen atoms in total. The van der Waals surface area contributed by atoms with Gasteiger partial charge in [-0.15, -0.1) is 0 Å². The minimum Gasteiger partial charge on any atom is -0.487 e. The Bertz CT molecular complexity index is 1420. The number of hydrogen-bond donors (Lipinski definition) is 0. The lowest BCUT2D eigenvalue weighted by Crippen LogP contribution is -2.45. The van der Waals surface area contributed by atoms with Crippen LogP contribution in [0.2, 0.25) is 0 Å². The van der Waals surface area contributed by atoms with Crippen molar-refractivity contribution in [1.29, 1.82) is 0 Å². The molecule has 0 radical (unpaired) electrons. The molecule has 5 atom stereocenters. The molecule has 7 heteroatoms. The van der Waals surface area contributed by atoms with Gasteiger partial charge in [-0.05, 0) is 102 Å². The summed E-state index contributed by atoms with van der Waals surface area (Å²) in [5, 5.41) is 0. The highest BCUT2D eigenvalue weighted by molar-refractivity contribution is 5.79. The number of allylic oxidation sites excluding steroid dienone is 2. The van der Waals surface area contributed by atoms with Crippen LogP contribution in [0, 0.1) is 5.92 Å². The Morgan fingerprint density at radius 1 is 1.04 bits per heavy atom. The first-order valence-corrected chi connectivity index (χ1v) is 17.5. The van der Waals surface area contributed by atoms with Gasteiger partial charge >= 0.3 is 12.1 Å². The summed E-state index contributed by atoms with van der Waals surface area (Å²) < 4.78 is 24.5. The third-order valence-corrected chi connectivity index (χ3v) is 11.0. The molecular formula is C39H51NO6. The Balaban J connectivity index is 1.21. The standard InChI is InChI=1S/C39H51NO6/c1-6-7-9-12-26-20-34(36-31-19-25(2)15-18-33(31)39(3,4)46-35(36)21-26)45-38(42)43-24-32(27-13-10-8-11-14-27)37(41)44-30-22-28-16-17-29(23-30)40(28)5/h8,10-11,13-14,19-21,28-33H,6-7,9,12,15-18,22-24H2,1-5H3. The van der Waals surface area contributed by atoms with E-state index >= 15 is 0 Å². The van der Waals surface area contributed by atoms with Gasteiger partial charge in [0.15, 0.2) is 0 Å². The molecule has 0 spiro atoms. The monoisotopic (exact) mass is 629 g/mol. The molecule has 2 fully saturated rings. The lowest BCUT2D eigenvalue weighted by molar-refractivity contribution is -0.155. The highest BCUT2D eigenvalue weighted by Crippen LogP contribution is 2.54. The van der Waals surface area contributed by atoms with Crippen molar-refractivity contribution in [2.75, 3.05) is 13.7 Å². The Morgan fingerprint density at radius 2 is 1.78 bits per heavy atom. The fourth-order valence-corrected chi connectivity index (χ4v) is 8.33. The maximum absolute atomic E-state index is 13.6. The predicted molar refractivity (Wildman–Crippen MR) is 178 cm³/mol. The number of esters is 1. The van der Waals surface area contributed by atoms with Crippen LogP contribution < -0.4 is 9.47 Å². The number of rotatable bonds is 10. The molecule has 5 unspecified atom stereocenters. The molecule has 0 saturated carbocycles. The SMILES string of the molecule is CCCCCc1cc(OC(=O)OCC(C(=O)OC2CC3CCC(C2)N3C)c2ccccc2)c2c(c1)OC(C)(C)C1CCC(C)=CC21. The van der Waals surface area contributed by atoms with Gasteiger partial charge in [-0.1, -0.05) is 61.7 Å². The quantitative estimate of drug-likeness (QED) is 0.113. The summed E-state index contributed by atoms with van der Waals surface area (Å²) in [5.41, 5.74) is 3.75. The van der Waals surface area contributed by atoms with Crippen molar-refractivity contribution >= 4 is 12.1 Å². The molecular weight excluding hydrogens is 578 g/mol. The van der Waals surface area contributed by atoms with Gasteiger partial charge in [-0.25, -0.2) is 4.79 Å². The normalized spacial score (nSPS) is 27.0. The summed E-state index contributed by atoms with van der Waals surface area (Å²) in [5.74, 6) is 0.525. The molecule has 0 N–H and O–H groups in total. The number of fused-ring (bicyclic) bond motifs is 5. The predicted octanol–water partition coefficient (Wildman–Crippen LogP) is 8.50. The number of carbonyl (C=O) groups is 2. The molecule has 2 bridgehead atoms. The molecule has 0 amide bonds. The van der Waals surface area contributed by atoms with Gasteiger partial charge in [-0.2, -0.15) is 0 Å². The first-order valence-electron chi connectivity index (χ1n) is 17.5. The molecule has 2 aromatic rings. The van der Waals surface area contributed by atoms with Gasteiger partial charge in [0.1, 0.15) is 35.7 Å². The zero-order valence-electron chi connectivity index (χ0n) is 28.3. The second kappa shape index (κ2) is 13.8. The lowest BCUT2D eigenvalue weighted by atomic mass is 9.68. The summed E-state index contributed by atoms with van der Waals surface area (Å²) in [6.07, 6.45) is 11.6. The van der Waals surface area contributed by atoms with Crippen LogP contribution in [0.5, 0.6) is 11.5 Å². The average molecular weight is 630 g/mol. The van der Waals surface area contributed by atoms with Crippen LogP contribution in [-0.2, 0) is 20.7 Å². The van der Waals surface area contributed by atoms with Crippen molar-refractivity contribution in [3.8, 4) is 11.5 Å². The van der Waals surface area contributed by atoms with E-state index in [1.54, 1.807) is 0 Å². The molecule has 3 heterocycles. The van der Waals surface area contributed by atoms with Crippen molar-refractivity contribution < 1.29 is 28.5 Å². The van der Waals surface area contributed by atoms with Crippen molar-refractivity contribution in [1.82, 2.24) is 4.90 Å². The van der Waals surface area contributed by atoms with E-state index in [2.05, 4.69) is 51.8 Å². The Hall–Kier alpha value is -3.32. The van der Waals surface area contributed by atoms with Crippen LogP contribution in [0.1, 0.15) is 114 Å². The van der Waals surface area contributed by atoms with Gasteiger partial charge in [0, 0.05) is 29.5 Å². The average Bonchev–Trinajstić information content (AvgIpc) is 3.21. The van der Waals surface area contributed by atoms with E-state index in [-0.39, 0.29) is 36.1 Å². The number of hydrogen-bond acceptors (Lipinski definition) is 7. The summed E-state index contributed by atoms with van der Waals surface area (Å²) in [6, 6.07) is 14.5. The van der Waals surface area contributed by atoms with Crippen LogP contribution in [0.25, 0.3) is 0 Å². The van der Waals surface area contributed by atoms with Crippen molar-refractivity contribution in [3.63, 3.8) is 0 Å². The van der Waals surface area contributed by atoms with Crippen molar-refractivity contribution in [2.24, 2.45) is 5.92 Å². The topological polar surface area (TPSA) is 74.3 Å². The number of piperidine rings is 1. The molecule has 0 aromatic heterocycles. The van der Waals surface area contributed by atoms with E-state index < -0.39 is 12.1 Å². The third-order valence-electron chi connectivity index (χ3n) is 11.0. The number of carbonyl (C=O) groups excluding carboxylic acids is 2. The molecule has 2 saturated heterocycles. The maximum atomic E-state index is 13.6. The van der Waals surface area contributed by atoms with E-state index in [0.717, 1.165) is 86.6 Å². The van der Waals surface area contributed by atoms with Gasteiger partial charge in [0.25, 0.3) is 0 Å². The molecule has 46 heavy (non-hydrogen) atoms. The number of aryl methyl sites for hydroxylation is 1. The molecule has 248 valence electrons. The number of unbranched alkanes of at least 4 members (excludes halogenated alkanes) is 2. The van der Waals surface area contributed by atoms with E-state index in [9.17, 15) is 9.59 Å².